The lowest BCUT2D eigenvalue weighted by atomic mass is 10.1. The minimum Gasteiger partial charge on any atom is -0.454 e. The predicted octanol–water partition coefficient (Wildman–Crippen LogP) is 3.89. The molecular formula is C20H16BrN3O3. The van der Waals surface area contributed by atoms with Crippen molar-refractivity contribution in [1.29, 1.82) is 0 Å². The molecule has 0 unspecified atom stereocenters. The van der Waals surface area contributed by atoms with Gasteiger partial charge in [0.1, 0.15) is 0 Å². The van der Waals surface area contributed by atoms with E-state index in [0.717, 1.165) is 26.5 Å². The van der Waals surface area contributed by atoms with Gasteiger partial charge in [0.2, 0.25) is 6.79 Å². The Balaban J connectivity index is 1.33. The first-order valence-corrected chi connectivity index (χ1v) is 9.12. The number of hydrazone groups is 1. The van der Waals surface area contributed by atoms with E-state index < -0.39 is 0 Å². The van der Waals surface area contributed by atoms with Crippen molar-refractivity contribution in [3.8, 4) is 11.5 Å². The molecule has 1 amide bonds. The fourth-order valence-electron chi connectivity index (χ4n) is 2.73. The van der Waals surface area contributed by atoms with Crippen LogP contribution in [-0.4, -0.2) is 25.5 Å². The second kappa shape index (κ2) is 7.67. The van der Waals surface area contributed by atoms with Gasteiger partial charge >= 0.3 is 0 Å². The highest BCUT2D eigenvalue weighted by atomic mass is 79.9. The lowest BCUT2D eigenvalue weighted by Crippen LogP contribution is -2.25. The highest BCUT2D eigenvalue weighted by molar-refractivity contribution is 9.10. The number of benzene rings is 3. The number of carbonyl (C=O) groups excluding carboxylic acids is 1. The molecule has 0 aromatic heterocycles. The number of hydrogen-bond acceptors (Lipinski definition) is 5. The molecule has 136 valence electrons. The molecule has 0 radical (unpaired) electrons. The summed E-state index contributed by atoms with van der Waals surface area (Å²) in [4.78, 5) is 12.0. The summed E-state index contributed by atoms with van der Waals surface area (Å²) in [5.74, 6) is 1.10. The van der Waals surface area contributed by atoms with Gasteiger partial charge in [-0.25, -0.2) is 5.43 Å². The number of hydrogen-bond donors (Lipinski definition) is 2. The largest absolute Gasteiger partial charge is 0.454 e. The third kappa shape index (κ3) is 4.03. The average Bonchev–Trinajstić information content (AvgIpc) is 3.13. The monoisotopic (exact) mass is 425 g/mol. The molecule has 0 aliphatic carbocycles. The maximum absolute atomic E-state index is 12.0. The smallest absolute Gasteiger partial charge is 0.259 e. The summed E-state index contributed by atoms with van der Waals surface area (Å²) in [6, 6.07) is 17.7. The van der Waals surface area contributed by atoms with Crippen LogP contribution in [0.3, 0.4) is 0 Å². The second-order valence-electron chi connectivity index (χ2n) is 5.94. The zero-order valence-corrected chi connectivity index (χ0v) is 15.8. The van der Waals surface area contributed by atoms with Gasteiger partial charge in [-0.3, -0.25) is 4.79 Å². The summed E-state index contributed by atoms with van der Waals surface area (Å²) < 4.78 is 11.4. The van der Waals surface area contributed by atoms with Gasteiger partial charge in [-0.2, -0.15) is 5.10 Å². The molecule has 0 saturated heterocycles. The number of halogens is 1. The Labute approximate surface area is 164 Å². The van der Waals surface area contributed by atoms with E-state index in [0.29, 0.717) is 11.5 Å². The standard InChI is InChI=1S/C20H16BrN3O3/c21-17-9-19-18(26-12-27-19)8-15(17)10-23-24-20(25)11-22-16-6-5-13-3-1-2-4-14(13)7-16/h1-10,22H,11-12H2,(H,24,25)/b23-10-. The van der Waals surface area contributed by atoms with Crippen molar-refractivity contribution in [2.24, 2.45) is 5.10 Å². The fourth-order valence-corrected chi connectivity index (χ4v) is 3.15. The lowest BCUT2D eigenvalue weighted by Gasteiger charge is -2.07. The number of carbonyl (C=O) groups is 1. The van der Waals surface area contributed by atoms with E-state index in [4.69, 9.17) is 9.47 Å². The minimum absolute atomic E-state index is 0.123. The van der Waals surface area contributed by atoms with Gasteiger partial charge in [-0.1, -0.05) is 30.3 Å². The molecule has 3 aromatic carbocycles. The number of nitrogens with one attached hydrogen (secondary N) is 2. The molecule has 0 fully saturated rings. The van der Waals surface area contributed by atoms with Gasteiger partial charge < -0.3 is 14.8 Å². The van der Waals surface area contributed by atoms with Gasteiger partial charge in [0.15, 0.2) is 11.5 Å². The van der Waals surface area contributed by atoms with Crippen molar-refractivity contribution >= 4 is 44.5 Å². The van der Waals surface area contributed by atoms with Crippen molar-refractivity contribution in [3.05, 3.63) is 64.6 Å². The average molecular weight is 426 g/mol. The van der Waals surface area contributed by atoms with Crippen LogP contribution in [0, 0.1) is 0 Å². The summed E-state index contributed by atoms with van der Waals surface area (Å²) >= 11 is 3.45. The summed E-state index contributed by atoms with van der Waals surface area (Å²) in [6.45, 7) is 0.331. The Morgan fingerprint density at radius 2 is 1.85 bits per heavy atom. The predicted molar refractivity (Wildman–Crippen MR) is 108 cm³/mol. The Morgan fingerprint density at radius 3 is 2.70 bits per heavy atom. The number of anilines is 1. The van der Waals surface area contributed by atoms with E-state index in [9.17, 15) is 4.79 Å². The van der Waals surface area contributed by atoms with E-state index in [1.807, 2.05) is 42.5 Å². The Kier molecular flexibility index (Phi) is 4.93. The van der Waals surface area contributed by atoms with E-state index in [-0.39, 0.29) is 19.2 Å². The van der Waals surface area contributed by atoms with Gasteiger partial charge in [0.25, 0.3) is 5.91 Å². The van der Waals surface area contributed by atoms with Crippen molar-refractivity contribution in [3.63, 3.8) is 0 Å². The molecular weight excluding hydrogens is 410 g/mol. The van der Waals surface area contributed by atoms with Crippen molar-refractivity contribution in [2.75, 3.05) is 18.7 Å². The maximum atomic E-state index is 12.0. The quantitative estimate of drug-likeness (QED) is 0.480. The Hall–Kier alpha value is -3.06. The molecule has 1 heterocycles. The first kappa shape index (κ1) is 17.4. The fraction of sp³-hybridized carbons (Fsp3) is 0.100. The molecule has 2 N–H and O–H groups in total. The highest BCUT2D eigenvalue weighted by Crippen LogP contribution is 2.36. The SMILES string of the molecule is O=C(CNc1ccc2ccccc2c1)N/N=C\c1cc2c(cc1Br)OCO2. The molecule has 0 atom stereocenters. The van der Waals surface area contributed by atoms with Crippen LogP contribution < -0.4 is 20.2 Å². The maximum Gasteiger partial charge on any atom is 0.259 e. The van der Waals surface area contributed by atoms with Crippen LogP contribution >= 0.6 is 15.9 Å². The van der Waals surface area contributed by atoms with Crippen molar-refractivity contribution in [2.45, 2.75) is 0 Å². The molecule has 1 aliphatic rings. The molecule has 0 saturated carbocycles. The molecule has 0 bridgehead atoms. The lowest BCUT2D eigenvalue weighted by molar-refractivity contribution is -0.119. The van der Waals surface area contributed by atoms with Crippen LogP contribution in [0.15, 0.2) is 64.2 Å². The van der Waals surface area contributed by atoms with E-state index in [2.05, 4.69) is 37.8 Å². The molecule has 1 aliphatic heterocycles. The van der Waals surface area contributed by atoms with Gasteiger partial charge in [-0.05, 0) is 51.0 Å². The summed E-state index contributed by atoms with van der Waals surface area (Å²) in [5.41, 5.74) is 4.17. The van der Waals surface area contributed by atoms with E-state index in [1.54, 1.807) is 12.3 Å². The van der Waals surface area contributed by atoms with Crippen LogP contribution in [0.1, 0.15) is 5.56 Å². The third-order valence-corrected chi connectivity index (χ3v) is 4.77. The van der Waals surface area contributed by atoms with E-state index in [1.165, 1.54) is 0 Å². The minimum atomic E-state index is -0.240. The number of ether oxygens (including phenoxy) is 2. The van der Waals surface area contributed by atoms with Crippen LogP contribution in [0.2, 0.25) is 0 Å². The normalized spacial score (nSPS) is 12.5. The first-order chi connectivity index (χ1) is 13.2. The van der Waals surface area contributed by atoms with Gasteiger partial charge in [0, 0.05) is 15.7 Å². The van der Waals surface area contributed by atoms with Crippen LogP contribution in [0.25, 0.3) is 10.8 Å². The zero-order valence-electron chi connectivity index (χ0n) is 14.2. The molecule has 4 rings (SSSR count). The number of rotatable bonds is 5. The first-order valence-electron chi connectivity index (χ1n) is 8.33. The number of nitrogens with zero attached hydrogens (tertiary/aromatic N) is 1. The van der Waals surface area contributed by atoms with Crippen LogP contribution in [0.4, 0.5) is 5.69 Å². The zero-order chi connectivity index (χ0) is 18.6. The molecule has 6 nitrogen and oxygen atoms in total. The number of fused-ring (bicyclic) bond motifs is 2. The van der Waals surface area contributed by atoms with Gasteiger partial charge in [-0.15, -0.1) is 0 Å². The third-order valence-electron chi connectivity index (χ3n) is 4.09. The van der Waals surface area contributed by atoms with Gasteiger partial charge in [0.05, 0.1) is 12.8 Å². The van der Waals surface area contributed by atoms with Crippen LogP contribution in [0.5, 0.6) is 11.5 Å². The molecule has 27 heavy (non-hydrogen) atoms. The molecule has 7 heteroatoms. The van der Waals surface area contributed by atoms with E-state index >= 15 is 0 Å². The summed E-state index contributed by atoms with van der Waals surface area (Å²) in [7, 11) is 0. The second-order valence-corrected chi connectivity index (χ2v) is 6.79. The number of amides is 1. The Morgan fingerprint density at radius 1 is 1.07 bits per heavy atom. The molecule has 3 aromatic rings. The topological polar surface area (TPSA) is 72.0 Å². The van der Waals surface area contributed by atoms with Crippen molar-refractivity contribution < 1.29 is 14.3 Å². The molecule has 0 spiro atoms. The Bertz CT molecular complexity index is 1040. The summed E-state index contributed by atoms with van der Waals surface area (Å²) in [6.07, 6.45) is 1.56. The summed E-state index contributed by atoms with van der Waals surface area (Å²) in [5, 5.41) is 9.38. The van der Waals surface area contributed by atoms with Crippen LogP contribution in [-0.2, 0) is 4.79 Å². The van der Waals surface area contributed by atoms with Crippen molar-refractivity contribution in [1.82, 2.24) is 5.43 Å². The highest BCUT2D eigenvalue weighted by Gasteiger charge is 2.15.